The normalized spacial score (nSPS) is 12.3. The molecule has 1 heterocycles. The molecule has 0 bridgehead atoms. The van der Waals surface area contributed by atoms with Crippen LogP contribution in [0.1, 0.15) is 29.8 Å². The SMILES string of the molecule is CC(C(=O)O)c1ccc(CNCc2nncn2C)cc1. The number of carboxylic acids is 1. The zero-order chi connectivity index (χ0) is 14.5. The number of nitrogens with zero attached hydrogens (tertiary/aromatic N) is 3. The third-order valence-electron chi connectivity index (χ3n) is 3.27. The van der Waals surface area contributed by atoms with Gasteiger partial charge >= 0.3 is 5.97 Å². The lowest BCUT2D eigenvalue weighted by Gasteiger charge is -2.08. The van der Waals surface area contributed by atoms with Crippen LogP contribution in [0.4, 0.5) is 0 Å². The maximum absolute atomic E-state index is 10.9. The highest BCUT2D eigenvalue weighted by molar-refractivity contribution is 5.75. The third-order valence-corrected chi connectivity index (χ3v) is 3.27. The second kappa shape index (κ2) is 6.29. The van der Waals surface area contributed by atoms with E-state index in [9.17, 15) is 4.79 Å². The number of aryl methyl sites for hydroxylation is 1. The minimum atomic E-state index is -0.807. The van der Waals surface area contributed by atoms with E-state index in [1.165, 1.54) is 0 Å². The van der Waals surface area contributed by atoms with Crippen molar-refractivity contribution in [2.24, 2.45) is 7.05 Å². The number of aromatic nitrogens is 3. The molecular weight excluding hydrogens is 256 g/mol. The average molecular weight is 274 g/mol. The molecule has 6 heteroatoms. The molecule has 2 N–H and O–H groups in total. The topological polar surface area (TPSA) is 80.0 Å². The van der Waals surface area contributed by atoms with E-state index < -0.39 is 11.9 Å². The molecule has 0 aliphatic heterocycles. The largest absolute Gasteiger partial charge is 0.481 e. The molecule has 0 amide bonds. The van der Waals surface area contributed by atoms with E-state index in [0.717, 1.165) is 17.0 Å². The number of benzene rings is 1. The van der Waals surface area contributed by atoms with Crippen LogP contribution in [0.15, 0.2) is 30.6 Å². The molecule has 20 heavy (non-hydrogen) atoms. The minimum Gasteiger partial charge on any atom is -0.481 e. The van der Waals surface area contributed by atoms with Crippen LogP contribution in [0, 0.1) is 0 Å². The Balaban J connectivity index is 1.88. The van der Waals surface area contributed by atoms with Crippen LogP contribution in [-0.2, 0) is 24.9 Å². The number of carbonyl (C=O) groups is 1. The Hall–Kier alpha value is -2.21. The van der Waals surface area contributed by atoms with Gasteiger partial charge in [-0.1, -0.05) is 24.3 Å². The van der Waals surface area contributed by atoms with E-state index in [-0.39, 0.29) is 0 Å². The zero-order valence-corrected chi connectivity index (χ0v) is 11.6. The van der Waals surface area contributed by atoms with Crippen molar-refractivity contribution in [3.05, 3.63) is 47.5 Å². The molecule has 6 nitrogen and oxygen atoms in total. The van der Waals surface area contributed by atoms with Crippen molar-refractivity contribution >= 4 is 5.97 Å². The highest BCUT2D eigenvalue weighted by atomic mass is 16.4. The summed E-state index contributed by atoms with van der Waals surface area (Å²) in [4.78, 5) is 10.9. The van der Waals surface area contributed by atoms with Gasteiger partial charge in [-0.2, -0.15) is 0 Å². The van der Waals surface area contributed by atoms with Crippen LogP contribution in [0.5, 0.6) is 0 Å². The number of hydrogen-bond donors (Lipinski definition) is 2. The Morgan fingerprint density at radius 3 is 2.60 bits per heavy atom. The first-order chi connectivity index (χ1) is 9.58. The summed E-state index contributed by atoms with van der Waals surface area (Å²) in [6.45, 7) is 3.03. The molecule has 0 aliphatic carbocycles. The van der Waals surface area contributed by atoms with Gasteiger partial charge in [0, 0.05) is 13.6 Å². The molecule has 1 aromatic heterocycles. The maximum atomic E-state index is 10.9. The number of hydrogen-bond acceptors (Lipinski definition) is 4. The van der Waals surface area contributed by atoms with Crippen molar-refractivity contribution in [3.63, 3.8) is 0 Å². The molecule has 106 valence electrons. The highest BCUT2D eigenvalue weighted by Crippen LogP contribution is 2.15. The van der Waals surface area contributed by atoms with Crippen molar-refractivity contribution in [2.75, 3.05) is 0 Å². The van der Waals surface area contributed by atoms with Gasteiger partial charge in [-0.05, 0) is 18.1 Å². The first-order valence-corrected chi connectivity index (χ1v) is 6.43. The van der Waals surface area contributed by atoms with E-state index in [4.69, 9.17) is 5.11 Å². The van der Waals surface area contributed by atoms with Gasteiger partial charge in [-0.25, -0.2) is 0 Å². The summed E-state index contributed by atoms with van der Waals surface area (Å²) >= 11 is 0. The molecule has 0 saturated heterocycles. The fraction of sp³-hybridized carbons (Fsp3) is 0.357. The maximum Gasteiger partial charge on any atom is 0.310 e. The Morgan fingerprint density at radius 1 is 1.35 bits per heavy atom. The second-order valence-electron chi connectivity index (χ2n) is 4.76. The molecule has 0 fully saturated rings. The van der Waals surface area contributed by atoms with Crippen molar-refractivity contribution in [1.82, 2.24) is 20.1 Å². The molecule has 0 aliphatic rings. The van der Waals surface area contributed by atoms with Crippen LogP contribution in [0.25, 0.3) is 0 Å². The Bertz CT molecular complexity index is 577. The summed E-state index contributed by atoms with van der Waals surface area (Å²) in [5.41, 5.74) is 1.92. The minimum absolute atomic E-state index is 0.476. The standard InChI is InChI=1S/C14H18N4O2/c1-10(14(19)20)12-5-3-11(4-6-12)7-15-8-13-17-16-9-18(13)2/h3-6,9-10,15H,7-8H2,1-2H3,(H,19,20). The third kappa shape index (κ3) is 3.42. The van der Waals surface area contributed by atoms with E-state index in [2.05, 4.69) is 15.5 Å². The molecule has 0 saturated carbocycles. The summed E-state index contributed by atoms with van der Waals surface area (Å²) in [5, 5.41) is 20.0. The number of aliphatic carboxylic acids is 1. The van der Waals surface area contributed by atoms with Gasteiger partial charge < -0.3 is 15.0 Å². The Labute approximate surface area is 117 Å². The first-order valence-electron chi connectivity index (χ1n) is 6.43. The summed E-state index contributed by atoms with van der Waals surface area (Å²) in [5.74, 6) is -0.407. The summed E-state index contributed by atoms with van der Waals surface area (Å²) in [7, 11) is 1.90. The van der Waals surface area contributed by atoms with Gasteiger partial charge in [0.25, 0.3) is 0 Å². The molecule has 0 spiro atoms. The van der Waals surface area contributed by atoms with Gasteiger partial charge in [0.05, 0.1) is 12.5 Å². The molecule has 0 radical (unpaired) electrons. The average Bonchev–Trinajstić information content (AvgIpc) is 2.84. The monoisotopic (exact) mass is 274 g/mol. The fourth-order valence-electron chi connectivity index (χ4n) is 1.85. The highest BCUT2D eigenvalue weighted by Gasteiger charge is 2.12. The van der Waals surface area contributed by atoms with Gasteiger partial charge in [0.1, 0.15) is 12.2 Å². The molecule has 1 atom stereocenters. The zero-order valence-electron chi connectivity index (χ0n) is 11.6. The smallest absolute Gasteiger partial charge is 0.310 e. The Morgan fingerprint density at radius 2 is 2.05 bits per heavy atom. The molecule has 2 rings (SSSR count). The predicted molar refractivity (Wildman–Crippen MR) is 74.0 cm³/mol. The van der Waals surface area contributed by atoms with Crippen LogP contribution in [0.2, 0.25) is 0 Å². The predicted octanol–water partition coefficient (Wildman–Crippen LogP) is 1.29. The lowest BCUT2D eigenvalue weighted by molar-refractivity contribution is -0.138. The van der Waals surface area contributed by atoms with Crippen molar-refractivity contribution in [3.8, 4) is 0 Å². The van der Waals surface area contributed by atoms with E-state index in [0.29, 0.717) is 13.1 Å². The van der Waals surface area contributed by atoms with Crippen molar-refractivity contribution in [1.29, 1.82) is 0 Å². The molecule has 2 aromatic rings. The van der Waals surface area contributed by atoms with Gasteiger partial charge in [-0.15, -0.1) is 10.2 Å². The van der Waals surface area contributed by atoms with Gasteiger partial charge in [-0.3, -0.25) is 4.79 Å². The van der Waals surface area contributed by atoms with E-state index >= 15 is 0 Å². The van der Waals surface area contributed by atoms with Crippen molar-refractivity contribution in [2.45, 2.75) is 25.9 Å². The van der Waals surface area contributed by atoms with E-state index in [1.54, 1.807) is 13.3 Å². The lowest BCUT2D eigenvalue weighted by atomic mass is 10.0. The summed E-state index contributed by atoms with van der Waals surface area (Å²) in [6, 6.07) is 7.60. The molecular formula is C14H18N4O2. The Kier molecular flexibility index (Phi) is 4.47. The second-order valence-corrected chi connectivity index (χ2v) is 4.76. The van der Waals surface area contributed by atoms with Crippen LogP contribution < -0.4 is 5.32 Å². The lowest BCUT2D eigenvalue weighted by Crippen LogP contribution is -2.15. The molecule has 1 unspecified atom stereocenters. The number of carboxylic acid groups (broad SMARTS) is 1. The van der Waals surface area contributed by atoms with E-state index in [1.807, 2.05) is 35.9 Å². The van der Waals surface area contributed by atoms with Crippen LogP contribution in [0.3, 0.4) is 0 Å². The fourth-order valence-corrected chi connectivity index (χ4v) is 1.85. The summed E-state index contributed by atoms with van der Waals surface area (Å²) < 4.78 is 1.87. The summed E-state index contributed by atoms with van der Waals surface area (Å²) in [6.07, 6.45) is 1.67. The molecule has 1 aromatic carbocycles. The van der Waals surface area contributed by atoms with Crippen molar-refractivity contribution < 1.29 is 9.90 Å². The quantitative estimate of drug-likeness (QED) is 0.829. The first kappa shape index (κ1) is 14.2. The van der Waals surface area contributed by atoms with Gasteiger partial charge in [0.15, 0.2) is 0 Å². The van der Waals surface area contributed by atoms with Crippen LogP contribution >= 0.6 is 0 Å². The van der Waals surface area contributed by atoms with Crippen LogP contribution in [-0.4, -0.2) is 25.8 Å². The van der Waals surface area contributed by atoms with Gasteiger partial charge in [0.2, 0.25) is 0 Å². The number of nitrogens with one attached hydrogen (secondary N) is 1. The number of rotatable bonds is 6.